The Morgan fingerprint density at radius 3 is 2.48 bits per heavy atom. The first-order valence-corrected chi connectivity index (χ1v) is 7.31. The average Bonchev–Trinajstić information content (AvgIpc) is 2.47. The Morgan fingerprint density at radius 2 is 1.86 bits per heavy atom. The highest BCUT2D eigenvalue weighted by atomic mass is 32.2. The normalized spacial score (nSPS) is 11.0. The van der Waals surface area contributed by atoms with E-state index in [4.69, 9.17) is 9.47 Å². The van der Waals surface area contributed by atoms with Crippen LogP contribution in [0.2, 0.25) is 0 Å². The van der Waals surface area contributed by atoms with E-state index in [0.29, 0.717) is 11.5 Å². The van der Waals surface area contributed by atoms with Gasteiger partial charge >= 0.3 is 0 Å². The van der Waals surface area contributed by atoms with Gasteiger partial charge in [-0.05, 0) is 24.3 Å². The maximum Gasteiger partial charge on any atom is 0.282 e. The SMILES string of the molecule is COc1ccc(NS(=O)(=O)c2ncccc2F)cc1OC. The lowest BCUT2D eigenvalue weighted by atomic mass is 10.3. The molecule has 2 aromatic rings. The summed E-state index contributed by atoms with van der Waals surface area (Å²) in [6, 6.07) is 6.77. The topological polar surface area (TPSA) is 77.5 Å². The van der Waals surface area contributed by atoms with Crippen LogP contribution in [0, 0.1) is 5.82 Å². The smallest absolute Gasteiger partial charge is 0.282 e. The zero-order valence-electron chi connectivity index (χ0n) is 11.3. The van der Waals surface area contributed by atoms with Crippen LogP contribution in [0.15, 0.2) is 41.6 Å². The lowest BCUT2D eigenvalue weighted by Crippen LogP contribution is -2.16. The average molecular weight is 312 g/mol. The molecule has 112 valence electrons. The third-order valence-electron chi connectivity index (χ3n) is 2.62. The fourth-order valence-corrected chi connectivity index (χ4v) is 2.73. The first-order valence-electron chi connectivity index (χ1n) is 5.83. The summed E-state index contributed by atoms with van der Waals surface area (Å²) in [5.74, 6) is -0.130. The molecule has 21 heavy (non-hydrogen) atoms. The highest BCUT2D eigenvalue weighted by molar-refractivity contribution is 7.92. The predicted molar refractivity (Wildman–Crippen MR) is 74.5 cm³/mol. The molecule has 0 aliphatic carbocycles. The van der Waals surface area contributed by atoms with Crippen molar-refractivity contribution in [3.63, 3.8) is 0 Å². The molecule has 0 radical (unpaired) electrons. The van der Waals surface area contributed by atoms with Crippen LogP contribution in [0.25, 0.3) is 0 Å². The van der Waals surface area contributed by atoms with Gasteiger partial charge in [0.2, 0.25) is 5.03 Å². The molecular weight excluding hydrogens is 299 g/mol. The van der Waals surface area contributed by atoms with Crippen LogP contribution in [0.5, 0.6) is 11.5 Å². The second-order valence-electron chi connectivity index (χ2n) is 3.97. The number of pyridine rings is 1. The lowest BCUT2D eigenvalue weighted by molar-refractivity contribution is 0.355. The number of hydrogen-bond acceptors (Lipinski definition) is 5. The zero-order chi connectivity index (χ0) is 15.5. The van der Waals surface area contributed by atoms with E-state index in [0.717, 1.165) is 6.07 Å². The number of methoxy groups -OCH3 is 2. The van der Waals surface area contributed by atoms with Crippen LogP contribution in [0.4, 0.5) is 10.1 Å². The van der Waals surface area contributed by atoms with Crippen LogP contribution in [-0.2, 0) is 10.0 Å². The highest BCUT2D eigenvalue weighted by Gasteiger charge is 2.21. The summed E-state index contributed by atoms with van der Waals surface area (Å²) in [4.78, 5) is 3.54. The summed E-state index contributed by atoms with van der Waals surface area (Å²) in [5.41, 5.74) is 0.206. The molecule has 1 aromatic carbocycles. The summed E-state index contributed by atoms with van der Waals surface area (Å²) in [6.45, 7) is 0. The number of sulfonamides is 1. The third kappa shape index (κ3) is 3.22. The summed E-state index contributed by atoms with van der Waals surface area (Å²) in [7, 11) is -1.23. The summed E-state index contributed by atoms with van der Waals surface area (Å²) in [6.07, 6.45) is 1.20. The van der Waals surface area contributed by atoms with Crippen LogP contribution in [0.1, 0.15) is 0 Å². The molecule has 0 aliphatic heterocycles. The van der Waals surface area contributed by atoms with Crippen LogP contribution >= 0.6 is 0 Å². The molecule has 0 unspecified atom stereocenters. The van der Waals surface area contributed by atoms with E-state index in [9.17, 15) is 12.8 Å². The minimum Gasteiger partial charge on any atom is -0.493 e. The summed E-state index contributed by atoms with van der Waals surface area (Å²) < 4.78 is 50.1. The second-order valence-corrected chi connectivity index (χ2v) is 5.56. The molecule has 8 heteroatoms. The van der Waals surface area contributed by atoms with Gasteiger partial charge < -0.3 is 9.47 Å². The van der Waals surface area contributed by atoms with Crippen LogP contribution < -0.4 is 14.2 Å². The Bertz CT molecular complexity index is 750. The van der Waals surface area contributed by atoms with E-state index < -0.39 is 20.9 Å². The van der Waals surface area contributed by atoms with Crippen molar-refractivity contribution in [2.24, 2.45) is 0 Å². The molecule has 6 nitrogen and oxygen atoms in total. The molecule has 0 aliphatic rings. The van der Waals surface area contributed by atoms with Gasteiger partial charge in [0.05, 0.1) is 19.9 Å². The molecule has 1 aromatic heterocycles. The van der Waals surface area contributed by atoms with Crippen molar-refractivity contribution in [2.75, 3.05) is 18.9 Å². The Morgan fingerprint density at radius 1 is 1.14 bits per heavy atom. The van der Waals surface area contributed by atoms with E-state index in [2.05, 4.69) is 9.71 Å². The molecular formula is C13H13FN2O4S. The monoisotopic (exact) mass is 312 g/mol. The number of benzene rings is 1. The summed E-state index contributed by atoms with van der Waals surface area (Å²) >= 11 is 0. The van der Waals surface area contributed by atoms with E-state index in [1.54, 1.807) is 0 Å². The van der Waals surface area contributed by atoms with Gasteiger partial charge in [-0.15, -0.1) is 0 Å². The molecule has 0 bridgehead atoms. The van der Waals surface area contributed by atoms with Gasteiger partial charge in [-0.2, -0.15) is 8.42 Å². The standard InChI is InChI=1S/C13H13FN2O4S/c1-19-11-6-5-9(8-12(11)20-2)16-21(17,18)13-10(14)4-3-7-15-13/h3-8,16H,1-2H3. The van der Waals surface area contributed by atoms with Crippen molar-refractivity contribution in [3.8, 4) is 11.5 Å². The van der Waals surface area contributed by atoms with Crippen molar-refractivity contribution < 1.29 is 22.3 Å². The van der Waals surface area contributed by atoms with E-state index in [-0.39, 0.29) is 5.69 Å². The molecule has 0 saturated heterocycles. The maximum atomic E-state index is 13.5. The van der Waals surface area contributed by atoms with Crippen molar-refractivity contribution in [1.82, 2.24) is 4.98 Å². The molecule has 0 saturated carbocycles. The lowest BCUT2D eigenvalue weighted by Gasteiger charge is -2.11. The first-order chi connectivity index (χ1) is 9.97. The highest BCUT2D eigenvalue weighted by Crippen LogP contribution is 2.30. The van der Waals surface area contributed by atoms with Crippen molar-refractivity contribution in [2.45, 2.75) is 5.03 Å². The molecule has 0 fully saturated rings. The second kappa shape index (κ2) is 5.96. The van der Waals surface area contributed by atoms with Gasteiger partial charge in [-0.1, -0.05) is 0 Å². The molecule has 0 amide bonds. The van der Waals surface area contributed by atoms with Gasteiger partial charge in [0.1, 0.15) is 0 Å². The molecule has 0 atom stereocenters. The summed E-state index contributed by atoms with van der Waals surface area (Å²) in [5, 5.41) is -0.667. The Hall–Kier alpha value is -2.35. The number of nitrogens with one attached hydrogen (secondary N) is 1. The van der Waals surface area contributed by atoms with E-state index >= 15 is 0 Å². The van der Waals surface area contributed by atoms with Crippen molar-refractivity contribution in [3.05, 3.63) is 42.3 Å². The predicted octanol–water partition coefficient (Wildman–Crippen LogP) is 2.04. The van der Waals surface area contributed by atoms with Gasteiger partial charge in [-0.25, -0.2) is 9.37 Å². The fraction of sp³-hybridized carbons (Fsp3) is 0.154. The minimum atomic E-state index is -4.12. The Labute approximate surface area is 121 Å². The largest absolute Gasteiger partial charge is 0.493 e. The number of nitrogens with zero attached hydrogens (tertiary/aromatic N) is 1. The number of ether oxygens (including phenoxy) is 2. The van der Waals surface area contributed by atoms with Gasteiger partial charge in [0.15, 0.2) is 17.3 Å². The van der Waals surface area contributed by atoms with Gasteiger partial charge in [-0.3, -0.25) is 4.72 Å². The number of anilines is 1. The zero-order valence-corrected chi connectivity index (χ0v) is 12.1. The van der Waals surface area contributed by atoms with Gasteiger partial charge in [0, 0.05) is 12.3 Å². The maximum absolute atomic E-state index is 13.5. The number of rotatable bonds is 5. The molecule has 0 spiro atoms. The minimum absolute atomic E-state index is 0.206. The molecule has 2 rings (SSSR count). The molecule has 1 heterocycles. The number of aromatic nitrogens is 1. The van der Waals surface area contributed by atoms with Crippen LogP contribution in [0.3, 0.4) is 0 Å². The first kappa shape index (κ1) is 15.0. The van der Waals surface area contributed by atoms with Crippen molar-refractivity contribution in [1.29, 1.82) is 0 Å². The number of hydrogen-bond donors (Lipinski definition) is 1. The third-order valence-corrected chi connectivity index (χ3v) is 3.93. The number of halogens is 1. The van der Waals surface area contributed by atoms with Crippen molar-refractivity contribution >= 4 is 15.7 Å². The molecule has 1 N–H and O–H groups in total. The van der Waals surface area contributed by atoms with Gasteiger partial charge in [0.25, 0.3) is 10.0 Å². The fourth-order valence-electron chi connectivity index (χ4n) is 1.67. The Balaban J connectivity index is 2.35. The van der Waals surface area contributed by atoms with E-state index in [1.807, 2.05) is 0 Å². The quantitative estimate of drug-likeness (QED) is 0.914. The van der Waals surface area contributed by atoms with Crippen LogP contribution in [-0.4, -0.2) is 27.6 Å². The van der Waals surface area contributed by atoms with E-state index in [1.165, 1.54) is 44.7 Å². The Kier molecular flexibility index (Phi) is 4.27.